The van der Waals surface area contributed by atoms with E-state index in [1.54, 1.807) is 17.3 Å². The van der Waals surface area contributed by atoms with E-state index in [-0.39, 0.29) is 17.6 Å². The van der Waals surface area contributed by atoms with Crippen LogP contribution in [0.3, 0.4) is 0 Å². The highest BCUT2D eigenvalue weighted by Gasteiger charge is 2.24. The normalized spacial score (nSPS) is 11.7. The number of aromatic carboxylic acids is 1. The molecule has 2 aromatic rings. The van der Waals surface area contributed by atoms with Crippen LogP contribution in [0.2, 0.25) is 0 Å². The van der Waals surface area contributed by atoms with Crippen LogP contribution in [0.25, 0.3) is 0 Å². The molecule has 0 saturated heterocycles. The van der Waals surface area contributed by atoms with Crippen LogP contribution in [0.5, 0.6) is 0 Å². The fourth-order valence-electron chi connectivity index (χ4n) is 2.54. The van der Waals surface area contributed by atoms with Gasteiger partial charge >= 0.3 is 5.97 Å². The monoisotopic (exact) mass is 313 g/mol. The predicted octanol–water partition coefficient (Wildman–Crippen LogP) is 2.79. The lowest BCUT2D eigenvalue weighted by Gasteiger charge is -2.30. The Morgan fingerprint density at radius 2 is 1.87 bits per heavy atom. The molecule has 2 aromatic heterocycles. The lowest BCUT2D eigenvalue weighted by atomic mass is 10.0. The van der Waals surface area contributed by atoms with Crippen molar-refractivity contribution >= 4 is 11.9 Å². The molecule has 0 bridgehead atoms. The molecule has 1 atom stereocenters. The summed E-state index contributed by atoms with van der Waals surface area (Å²) in [6, 6.07) is 6.58. The van der Waals surface area contributed by atoms with Gasteiger partial charge in [-0.2, -0.15) is 0 Å². The van der Waals surface area contributed by atoms with Gasteiger partial charge in [0, 0.05) is 25.1 Å². The number of carboxylic acid groups (broad SMARTS) is 1. The lowest BCUT2D eigenvalue weighted by Crippen LogP contribution is -2.34. The van der Waals surface area contributed by atoms with Crippen molar-refractivity contribution in [2.24, 2.45) is 0 Å². The molecule has 2 heterocycles. The number of carbonyl (C=O) groups excluding carboxylic acids is 1. The molecule has 0 aliphatic rings. The molecule has 120 valence electrons. The number of hydrogen-bond donors (Lipinski definition) is 1. The molecule has 0 saturated carbocycles. The Bertz CT molecular complexity index is 671. The number of rotatable bonds is 6. The second-order valence-corrected chi connectivity index (χ2v) is 5.03. The summed E-state index contributed by atoms with van der Waals surface area (Å²) in [5.74, 6) is -1.28. The number of carbonyl (C=O) groups is 2. The predicted molar refractivity (Wildman–Crippen MR) is 85.2 cm³/mol. The minimum absolute atomic E-state index is 0.0605. The Morgan fingerprint density at radius 1 is 1.17 bits per heavy atom. The summed E-state index contributed by atoms with van der Waals surface area (Å²) < 4.78 is 0. The third-order valence-corrected chi connectivity index (χ3v) is 3.68. The van der Waals surface area contributed by atoms with Crippen molar-refractivity contribution in [2.45, 2.75) is 26.3 Å². The molecule has 1 unspecified atom stereocenters. The van der Waals surface area contributed by atoms with Gasteiger partial charge in [0.15, 0.2) is 0 Å². The van der Waals surface area contributed by atoms with E-state index < -0.39 is 5.97 Å². The summed E-state index contributed by atoms with van der Waals surface area (Å²) in [6.07, 6.45) is 5.50. The minimum atomic E-state index is -1.11. The van der Waals surface area contributed by atoms with Gasteiger partial charge in [-0.1, -0.05) is 6.92 Å². The zero-order valence-corrected chi connectivity index (χ0v) is 13.1. The van der Waals surface area contributed by atoms with Crippen molar-refractivity contribution in [3.63, 3.8) is 0 Å². The topological polar surface area (TPSA) is 83.4 Å². The highest BCUT2D eigenvalue weighted by molar-refractivity contribution is 5.95. The smallest absolute Gasteiger partial charge is 0.354 e. The van der Waals surface area contributed by atoms with Crippen LogP contribution < -0.4 is 0 Å². The Labute approximate surface area is 134 Å². The van der Waals surface area contributed by atoms with E-state index in [0.29, 0.717) is 12.1 Å². The minimum Gasteiger partial charge on any atom is -0.477 e. The molecule has 23 heavy (non-hydrogen) atoms. The first-order chi connectivity index (χ1) is 11.1. The summed E-state index contributed by atoms with van der Waals surface area (Å²) in [5.41, 5.74) is 1.32. The van der Waals surface area contributed by atoms with E-state index in [9.17, 15) is 9.59 Å². The highest BCUT2D eigenvalue weighted by Crippen LogP contribution is 2.25. The van der Waals surface area contributed by atoms with E-state index >= 15 is 0 Å². The van der Waals surface area contributed by atoms with Crippen LogP contribution in [-0.2, 0) is 0 Å². The molecule has 0 fully saturated rings. The number of pyridine rings is 2. The van der Waals surface area contributed by atoms with Gasteiger partial charge < -0.3 is 10.0 Å². The second-order valence-electron chi connectivity index (χ2n) is 5.03. The van der Waals surface area contributed by atoms with Crippen molar-refractivity contribution in [2.75, 3.05) is 6.54 Å². The highest BCUT2D eigenvalue weighted by atomic mass is 16.4. The molecule has 1 N–H and O–H groups in total. The second kappa shape index (κ2) is 7.49. The van der Waals surface area contributed by atoms with E-state index in [4.69, 9.17) is 5.11 Å². The van der Waals surface area contributed by atoms with Gasteiger partial charge in [0.25, 0.3) is 5.91 Å². The third kappa shape index (κ3) is 3.71. The number of amides is 1. The Hall–Kier alpha value is -2.76. The van der Waals surface area contributed by atoms with Crippen LogP contribution in [0.4, 0.5) is 0 Å². The molecule has 0 spiro atoms. The summed E-state index contributed by atoms with van der Waals surface area (Å²) in [6.45, 7) is 4.48. The maximum Gasteiger partial charge on any atom is 0.354 e. The molecule has 0 radical (unpaired) electrons. The van der Waals surface area contributed by atoms with E-state index in [2.05, 4.69) is 9.97 Å². The van der Waals surface area contributed by atoms with E-state index in [0.717, 1.165) is 12.0 Å². The number of nitrogens with zero attached hydrogens (tertiary/aromatic N) is 3. The van der Waals surface area contributed by atoms with Gasteiger partial charge in [-0.15, -0.1) is 0 Å². The van der Waals surface area contributed by atoms with Crippen LogP contribution in [-0.4, -0.2) is 38.4 Å². The van der Waals surface area contributed by atoms with Crippen LogP contribution in [0.1, 0.15) is 52.7 Å². The molecule has 0 aliphatic carbocycles. The van der Waals surface area contributed by atoms with Crippen LogP contribution in [0.15, 0.2) is 42.9 Å². The molecular formula is C17H19N3O3. The number of aromatic nitrogens is 2. The average Bonchev–Trinajstić information content (AvgIpc) is 2.59. The van der Waals surface area contributed by atoms with Crippen molar-refractivity contribution in [1.82, 2.24) is 14.9 Å². The van der Waals surface area contributed by atoms with Gasteiger partial charge in [-0.25, -0.2) is 9.78 Å². The van der Waals surface area contributed by atoms with E-state index in [1.807, 2.05) is 26.0 Å². The van der Waals surface area contributed by atoms with Crippen molar-refractivity contribution in [1.29, 1.82) is 0 Å². The molecular weight excluding hydrogens is 294 g/mol. The van der Waals surface area contributed by atoms with Crippen LogP contribution in [0, 0.1) is 0 Å². The van der Waals surface area contributed by atoms with Gasteiger partial charge in [0.05, 0.1) is 11.6 Å². The summed E-state index contributed by atoms with van der Waals surface area (Å²) in [7, 11) is 0. The Morgan fingerprint density at radius 3 is 2.35 bits per heavy atom. The molecule has 0 aliphatic heterocycles. The SMILES string of the molecule is CCC(c1ccncc1)N(CC)C(=O)c1ccc(C(=O)O)nc1. The zero-order chi connectivity index (χ0) is 16.8. The first-order valence-electron chi connectivity index (χ1n) is 7.48. The fraction of sp³-hybridized carbons (Fsp3) is 0.294. The van der Waals surface area contributed by atoms with Gasteiger partial charge in [-0.3, -0.25) is 9.78 Å². The first kappa shape index (κ1) is 16.6. The maximum atomic E-state index is 12.8. The van der Waals surface area contributed by atoms with Crippen molar-refractivity contribution < 1.29 is 14.7 Å². The standard InChI is InChI=1S/C17H19N3O3/c1-3-15(12-7-9-18-10-8-12)20(4-2)16(21)13-5-6-14(17(22)23)19-11-13/h5-11,15H,3-4H2,1-2H3,(H,22,23). The average molecular weight is 313 g/mol. The molecule has 6 heteroatoms. The molecule has 6 nitrogen and oxygen atoms in total. The van der Waals surface area contributed by atoms with Crippen molar-refractivity contribution in [3.05, 3.63) is 59.7 Å². The van der Waals surface area contributed by atoms with E-state index in [1.165, 1.54) is 18.3 Å². The largest absolute Gasteiger partial charge is 0.477 e. The molecule has 1 amide bonds. The lowest BCUT2D eigenvalue weighted by molar-refractivity contribution is 0.0670. The Balaban J connectivity index is 2.28. The number of hydrogen-bond acceptors (Lipinski definition) is 4. The number of carboxylic acids is 1. The quantitative estimate of drug-likeness (QED) is 0.886. The maximum absolute atomic E-state index is 12.8. The first-order valence-corrected chi connectivity index (χ1v) is 7.48. The third-order valence-electron chi connectivity index (χ3n) is 3.68. The van der Waals surface area contributed by atoms with Crippen LogP contribution >= 0.6 is 0 Å². The molecule has 0 aromatic carbocycles. The van der Waals surface area contributed by atoms with Gasteiger partial charge in [-0.05, 0) is 43.2 Å². The Kier molecular flexibility index (Phi) is 5.41. The van der Waals surface area contributed by atoms with Gasteiger partial charge in [0.2, 0.25) is 0 Å². The summed E-state index contributed by atoms with van der Waals surface area (Å²) >= 11 is 0. The molecule has 2 rings (SSSR count). The summed E-state index contributed by atoms with van der Waals surface area (Å²) in [4.78, 5) is 33.2. The summed E-state index contributed by atoms with van der Waals surface area (Å²) in [5, 5.41) is 8.88. The van der Waals surface area contributed by atoms with Gasteiger partial charge in [0.1, 0.15) is 5.69 Å². The van der Waals surface area contributed by atoms with Crippen molar-refractivity contribution in [3.8, 4) is 0 Å². The zero-order valence-electron chi connectivity index (χ0n) is 13.1. The fourth-order valence-corrected chi connectivity index (χ4v) is 2.54.